The van der Waals surface area contributed by atoms with Crippen molar-refractivity contribution in [2.75, 3.05) is 23.9 Å². The number of amides is 1. The van der Waals surface area contributed by atoms with Gasteiger partial charge in [0.25, 0.3) is 5.91 Å². The maximum absolute atomic E-state index is 11.9. The number of para-hydroxylation sites is 1. The lowest BCUT2D eigenvalue weighted by Crippen LogP contribution is -2.21. The van der Waals surface area contributed by atoms with E-state index in [1.165, 1.54) is 11.8 Å². The van der Waals surface area contributed by atoms with Crippen LogP contribution in [-0.4, -0.2) is 30.5 Å². The van der Waals surface area contributed by atoms with E-state index in [0.29, 0.717) is 0 Å². The molecule has 0 atom stereocenters. The van der Waals surface area contributed by atoms with Gasteiger partial charge in [0.15, 0.2) is 6.61 Å². The Labute approximate surface area is 144 Å². The first-order valence-corrected chi connectivity index (χ1v) is 9.16. The SMILES string of the molecule is CSc1ccccc1NC(=O)COC(=O)CSc1ccccc1. The predicted octanol–water partition coefficient (Wildman–Crippen LogP) is 3.68. The van der Waals surface area contributed by atoms with Crippen LogP contribution in [0.25, 0.3) is 0 Å². The number of carbonyl (C=O) groups excluding carboxylic acids is 2. The van der Waals surface area contributed by atoms with Crippen molar-refractivity contribution in [3.05, 3.63) is 54.6 Å². The highest BCUT2D eigenvalue weighted by atomic mass is 32.2. The molecule has 0 saturated heterocycles. The van der Waals surface area contributed by atoms with Crippen LogP contribution in [0, 0.1) is 0 Å². The zero-order valence-electron chi connectivity index (χ0n) is 12.7. The molecule has 1 amide bonds. The summed E-state index contributed by atoms with van der Waals surface area (Å²) in [6.07, 6.45) is 1.94. The molecule has 0 radical (unpaired) electrons. The van der Waals surface area contributed by atoms with Gasteiger partial charge in [0, 0.05) is 9.79 Å². The van der Waals surface area contributed by atoms with E-state index in [-0.39, 0.29) is 18.3 Å². The van der Waals surface area contributed by atoms with Gasteiger partial charge in [0.05, 0.1) is 11.4 Å². The van der Waals surface area contributed by atoms with Crippen LogP contribution < -0.4 is 5.32 Å². The van der Waals surface area contributed by atoms with E-state index in [0.717, 1.165) is 15.5 Å². The second kappa shape index (κ2) is 9.27. The summed E-state index contributed by atoms with van der Waals surface area (Å²) < 4.78 is 4.99. The number of hydrogen-bond donors (Lipinski definition) is 1. The highest BCUT2D eigenvalue weighted by Crippen LogP contribution is 2.24. The largest absolute Gasteiger partial charge is 0.455 e. The first-order chi connectivity index (χ1) is 11.2. The molecule has 1 N–H and O–H groups in total. The van der Waals surface area contributed by atoms with E-state index in [1.54, 1.807) is 11.8 Å². The lowest BCUT2D eigenvalue weighted by Gasteiger charge is -2.09. The predicted molar refractivity (Wildman–Crippen MR) is 95.0 cm³/mol. The van der Waals surface area contributed by atoms with E-state index >= 15 is 0 Å². The van der Waals surface area contributed by atoms with Gasteiger partial charge >= 0.3 is 5.97 Å². The minimum Gasteiger partial charge on any atom is -0.455 e. The quantitative estimate of drug-likeness (QED) is 0.612. The Balaban J connectivity index is 1.74. The zero-order chi connectivity index (χ0) is 16.5. The van der Waals surface area contributed by atoms with Crippen LogP contribution in [0.4, 0.5) is 5.69 Å². The lowest BCUT2D eigenvalue weighted by atomic mass is 10.3. The van der Waals surface area contributed by atoms with E-state index in [9.17, 15) is 9.59 Å². The van der Waals surface area contributed by atoms with E-state index in [4.69, 9.17) is 4.74 Å². The van der Waals surface area contributed by atoms with Crippen LogP contribution in [0.2, 0.25) is 0 Å². The van der Waals surface area contributed by atoms with Crippen LogP contribution in [0.15, 0.2) is 64.4 Å². The number of thioether (sulfide) groups is 2. The van der Waals surface area contributed by atoms with Gasteiger partial charge in [0.1, 0.15) is 0 Å². The van der Waals surface area contributed by atoms with Crippen molar-refractivity contribution >= 4 is 41.1 Å². The maximum Gasteiger partial charge on any atom is 0.316 e. The van der Waals surface area contributed by atoms with Crippen LogP contribution in [-0.2, 0) is 14.3 Å². The molecule has 0 bridgehead atoms. The fourth-order valence-electron chi connectivity index (χ4n) is 1.78. The third-order valence-electron chi connectivity index (χ3n) is 2.85. The van der Waals surface area contributed by atoms with Gasteiger partial charge in [-0.1, -0.05) is 30.3 Å². The molecule has 0 spiro atoms. The van der Waals surface area contributed by atoms with Crippen LogP contribution in [0.1, 0.15) is 0 Å². The Morgan fingerprint density at radius 3 is 2.48 bits per heavy atom. The fourth-order valence-corrected chi connectivity index (χ4v) is 3.05. The summed E-state index contributed by atoms with van der Waals surface area (Å²) in [6, 6.07) is 17.1. The molecule has 0 aliphatic heterocycles. The number of benzene rings is 2. The smallest absolute Gasteiger partial charge is 0.316 e. The number of ether oxygens (including phenoxy) is 1. The van der Waals surface area contributed by atoms with Crippen molar-refractivity contribution in [1.82, 2.24) is 0 Å². The Morgan fingerprint density at radius 1 is 1.04 bits per heavy atom. The molecule has 0 saturated carbocycles. The van der Waals surface area contributed by atoms with Crippen molar-refractivity contribution in [3.8, 4) is 0 Å². The number of carbonyl (C=O) groups is 2. The van der Waals surface area contributed by atoms with E-state index in [2.05, 4.69) is 5.32 Å². The number of nitrogens with one attached hydrogen (secondary N) is 1. The molecule has 0 unspecified atom stereocenters. The van der Waals surface area contributed by atoms with Gasteiger partial charge in [-0.05, 0) is 30.5 Å². The second-order valence-corrected chi connectivity index (χ2v) is 6.41. The summed E-state index contributed by atoms with van der Waals surface area (Å²) in [5.74, 6) is -0.574. The maximum atomic E-state index is 11.9. The first kappa shape index (κ1) is 17.4. The Morgan fingerprint density at radius 2 is 1.74 bits per heavy atom. The van der Waals surface area contributed by atoms with Crippen LogP contribution in [0.3, 0.4) is 0 Å². The van der Waals surface area contributed by atoms with Crippen molar-refractivity contribution in [1.29, 1.82) is 0 Å². The van der Waals surface area contributed by atoms with Crippen molar-refractivity contribution in [2.24, 2.45) is 0 Å². The normalized spacial score (nSPS) is 10.1. The van der Waals surface area contributed by atoms with Crippen LogP contribution in [0.5, 0.6) is 0 Å². The molecule has 0 fully saturated rings. The third-order valence-corrected chi connectivity index (χ3v) is 4.63. The minimum absolute atomic E-state index is 0.179. The first-order valence-electron chi connectivity index (χ1n) is 6.95. The Hall–Kier alpha value is -1.92. The van der Waals surface area contributed by atoms with Gasteiger partial charge in [-0.15, -0.1) is 23.5 Å². The number of anilines is 1. The average Bonchev–Trinajstić information content (AvgIpc) is 2.59. The molecule has 4 nitrogen and oxygen atoms in total. The van der Waals surface area contributed by atoms with Gasteiger partial charge in [-0.3, -0.25) is 9.59 Å². The molecule has 2 rings (SSSR count). The van der Waals surface area contributed by atoms with E-state index in [1.807, 2.05) is 60.9 Å². The van der Waals surface area contributed by atoms with E-state index < -0.39 is 5.97 Å². The van der Waals surface area contributed by atoms with Crippen LogP contribution >= 0.6 is 23.5 Å². The molecule has 0 heterocycles. The second-order valence-electron chi connectivity index (χ2n) is 4.51. The number of hydrogen-bond acceptors (Lipinski definition) is 5. The Bertz CT molecular complexity index is 662. The van der Waals surface area contributed by atoms with Gasteiger partial charge in [-0.25, -0.2) is 0 Å². The molecule has 2 aromatic carbocycles. The highest BCUT2D eigenvalue weighted by molar-refractivity contribution is 8.00. The highest BCUT2D eigenvalue weighted by Gasteiger charge is 2.10. The standard InChI is InChI=1S/C17H17NO3S2/c1-22-15-10-6-5-9-14(15)18-16(19)11-21-17(20)12-23-13-7-3-2-4-8-13/h2-10H,11-12H2,1H3,(H,18,19). The molecular formula is C17H17NO3S2. The lowest BCUT2D eigenvalue weighted by molar-refractivity contribution is -0.144. The molecule has 2 aromatic rings. The van der Waals surface area contributed by atoms with Crippen molar-refractivity contribution in [2.45, 2.75) is 9.79 Å². The summed E-state index contributed by atoms with van der Waals surface area (Å²) in [5, 5.41) is 2.75. The van der Waals surface area contributed by atoms with Crippen molar-refractivity contribution < 1.29 is 14.3 Å². The van der Waals surface area contributed by atoms with Gasteiger partial charge in [-0.2, -0.15) is 0 Å². The van der Waals surface area contributed by atoms with Gasteiger partial charge < -0.3 is 10.1 Å². The van der Waals surface area contributed by atoms with Crippen molar-refractivity contribution in [3.63, 3.8) is 0 Å². The zero-order valence-corrected chi connectivity index (χ0v) is 14.3. The summed E-state index contributed by atoms with van der Waals surface area (Å²) in [4.78, 5) is 25.5. The van der Waals surface area contributed by atoms with Gasteiger partial charge in [0.2, 0.25) is 0 Å². The molecule has 23 heavy (non-hydrogen) atoms. The molecule has 0 aliphatic rings. The molecular weight excluding hydrogens is 330 g/mol. The molecule has 0 aliphatic carbocycles. The topological polar surface area (TPSA) is 55.4 Å². The Kier molecular flexibility index (Phi) is 7.03. The molecule has 0 aromatic heterocycles. The number of rotatable bonds is 7. The average molecular weight is 347 g/mol. The third kappa shape index (κ3) is 6.00. The summed E-state index contributed by atoms with van der Waals surface area (Å²) in [6.45, 7) is -0.281. The summed E-state index contributed by atoms with van der Waals surface area (Å²) >= 11 is 2.92. The number of esters is 1. The monoisotopic (exact) mass is 347 g/mol. The summed E-state index contributed by atoms with van der Waals surface area (Å²) in [7, 11) is 0. The minimum atomic E-state index is -0.410. The molecule has 120 valence electrons. The fraction of sp³-hybridized carbons (Fsp3) is 0.176. The summed E-state index contributed by atoms with van der Waals surface area (Å²) in [5.41, 5.74) is 0.722. The molecule has 6 heteroatoms.